The molecule has 1 aliphatic heterocycles. The van der Waals surface area contributed by atoms with Gasteiger partial charge in [0.1, 0.15) is 22.5 Å². The highest BCUT2D eigenvalue weighted by Gasteiger charge is 2.18. The Morgan fingerprint density at radius 2 is 2.09 bits per heavy atom. The van der Waals surface area contributed by atoms with Gasteiger partial charge >= 0.3 is 0 Å². The fourth-order valence-corrected chi connectivity index (χ4v) is 2.93. The van der Waals surface area contributed by atoms with Crippen LogP contribution in [0.5, 0.6) is 5.75 Å². The average molecular weight is 318 g/mol. The summed E-state index contributed by atoms with van der Waals surface area (Å²) < 4.78 is 5.71. The molecule has 22 heavy (non-hydrogen) atoms. The van der Waals surface area contributed by atoms with Crippen molar-refractivity contribution in [2.24, 2.45) is 0 Å². The highest BCUT2D eigenvalue weighted by molar-refractivity contribution is 6.29. The molecule has 5 heteroatoms. The Balaban J connectivity index is 1.79. The highest BCUT2D eigenvalue weighted by Crippen LogP contribution is 2.27. The second-order valence-corrected chi connectivity index (χ2v) is 5.93. The van der Waals surface area contributed by atoms with Crippen molar-refractivity contribution < 1.29 is 4.74 Å². The molecule has 0 amide bonds. The smallest absolute Gasteiger partial charge is 0.134 e. The number of fused-ring (bicyclic) bond motifs is 1. The lowest BCUT2D eigenvalue weighted by Gasteiger charge is -2.30. The Hall–Kier alpha value is -1.81. The molecule has 3 rings (SSSR count). The molecule has 0 unspecified atom stereocenters. The van der Waals surface area contributed by atoms with Gasteiger partial charge in [0.15, 0.2) is 0 Å². The Morgan fingerprint density at radius 1 is 1.23 bits per heavy atom. The summed E-state index contributed by atoms with van der Waals surface area (Å²) in [5.74, 6) is 2.57. The molecule has 116 valence electrons. The van der Waals surface area contributed by atoms with Crippen molar-refractivity contribution in [2.75, 3.05) is 18.1 Å². The van der Waals surface area contributed by atoms with Crippen LogP contribution >= 0.6 is 11.6 Å². The summed E-state index contributed by atoms with van der Waals surface area (Å²) in [6.45, 7) is 6.52. The number of hydrogen-bond acceptors (Lipinski definition) is 4. The van der Waals surface area contributed by atoms with E-state index < -0.39 is 0 Å². The first kappa shape index (κ1) is 15.1. The summed E-state index contributed by atoms with van der Waals surface area (Å²) in [5, 5.41) is 0.497. The number of hydrogen-bond donors (Lipinski definition) is 0. The van der Waals surface area contributed by atoms with Crippen LogP contribution in [0.3, 0.4) is 0 Å². The van der Waals surface area contributed by atoms with Gasteiger partial charge in [0.05, 0.1) is 6.61 Å². The van der Waals surface area contributed by atoms with E-state index in [4.69, 9.17) is 16.3 Å². The zero-order chi connectivity index (χ0) is 15.5. The third-order valence-electron chi connectivity index (χ3n) is 3.78. The van der Waals surface area contributed by atoms with Crippen LogP contribution in [0.1, 0.15) is 30.3 Å². The van der Waals surface area contributed by atoms with E-state index in [2.05, 4.69) is 40.0 Å². The minimum absolute atomic E-state index is 0.497. The Kier molecular flexibility index (Phi) is 4.48. The topological polar surface area (TPSA) is 38.2 Å². The first-order valence-corrected chi connectivity index (χ1v) is 8.04. The van der Waals surface area contributed by atoms with Gasteiger partial charge in [-0.1, -0.05) is 24.6 Å². The third kappa shape index (κ3) is 3.33. The Bertz CT molecular complexity index is 655. The fourth-order valence-electron chi connectivity index (χ4n) is 2.71. The summed E-state index contributed by atoms with van der Waals surface area (Å²) in [7, 11) is 0. The molecule has 2 heterocycles. The van der Waals surface area contributed by atoms with E-state index in [-0.39, 0.29) is 0 Å². The van der Waals surface area contributed by atoms with E-state index in [0.29, 0.717) is 11.0 Å². The van der Waals surface area contributed by atoms with Crippen LogP contribution in [0.2, 0.25) is 5.15 Å². The quantitative estimate of drug-likeness (QED) is 0.804. The summed E-state index contributed by atoms with van der Waals surface area (Å²) in [4.78, 5) is 10.9. The van der Waals surface area contributed by atoms with Crippen molar-refractivity contribution in [1.29, 1.82) is 0 Å². The van der Waals surface area contributed by atoms with Crippen molar-refractivity contribution >= 4 is 17.4 Å². The van der Waals surface area contributed by atoms with E-state index in [0.717, 1.165) is 44.1 Å². The van der Waals surface area contributed by atoms with Gasteiger partial charge < -0.3 is 9.64 Å². The molecule has 2 aromatic rings. The third-order valence-corrected chi connectivity index (χ3v) is 3.97. The van der Waals surface area contributed by atoms with E-state index in [1.165, 1.54) is 11.1 Å². The zero-order valence-corrected chi connectivity index (χ0v) is 13.7. The summed E-state index contributed by atoms with van der Waals surface area (Å²) in [5.41, 5.74) is 2.68. The maximum Gasteiger partial charge on any atom is 0.134 e. The van der Waals surface area contributed by atoms with Gasteiger partial charge in [0, 0.05) is 19.2 Å². The first-order chi connectivity index (χ1) is 10.7. The summed E-state index contributed by atoms with van der Waals surface area (Å²) >= 11 is 6.04. The van der Waals surface area contributed by atoms with Crippen LogP contribution in [-0.2, 0) is 13.0 Å². The van der Waals surface area contributed by atoms with Crippen molar-refractivity contribution in [1.82, 2.24) is 9.97 Å². The standard InChI is InChI=1S/C17H20ClN3O/c1-3-8-22-15-5-4-14-11-21(7-6-13(14)9-15)17-10-16(18)19-12(2)20-17/h4-5,9-10H,3,6-8,11H2,1-2H3. The van der Waals surface area contributed by atoms with Gasteiger partial charge in [-0.25, -0.2) is 9.97 Å². The maximum absolute atomic E-state index is 6.04. The Labute approximate surface area is 136 Å². The molecular formula is C17H20ClN3O. The molecule has 0 N–H and O–H groups in total. The molecule has 0 saturated heterocycles. The minimum atomic E-state index is 0.497. The van der Waals surface area contributed by atoms with Crippen molar-refractivity contribution in [2.45, 2.75) is 33.2 Å². The largest absolute Gasteiger partial charge is 0.494 e. The van der Waals surface area contributed by atoms with E-state index >= 15 is 0 Å². The molecule has 0 atom stereocenters. The lowest BCUT2D eigenvalue weighted by atomic mass is 9.99. The second-order valence-electron chi connectivity index (χ2n) is 5.55. The number of aryl methyl sites for hydroxylation is 1. The van der Waals surface area contributed by atoms with Gasteiger partial charge in [-0.2, -0.15) is 0 Å². The zero-order valence-electron chi connectivity index (χ0n) is 13.0. The predicted molar refractivity (Wildman–Crippen MR) is 88.8 cm³/mol. The molecule has 1 aliphatic rings. The monoisotopic (exact) mass is 317 g/mol. The first-order valence-electron chi connectivity index (χ1n) is 7.66. The Morgan fingerprint density at radius 3 is 2.86 bits per heavy atom. The molecule has 1 aromatic heterocycles. The van der Waals surface area contributed by atoms with Crippen LogP contribution < -0.4 is 9.64 Å². The number of ether oxygens (including phenoxy) is 1. The molecule has 0 saturated carbocycles. The van der Waals surface area contributed by atoms with Crippen LogP contribution in [0.4, 0.5) is 5.82 Å². The van der Waals surface area contributed by atoms with Gasteiger partial charge in [0.2, 0.25) is 0 Å². The van der Waals surface area contributed by atoms with E-state index in [1.807, 2.05) is 13.0 Å². The number of rotatable bonds is 4. The van der Waals surface area contributed by atoms with Crippen LogP contribution in [0.25, 0.3) is 0 Å². The average Bonchev–Trinajstić information content (AvgIpc) is 2.51. The van der Waals surface area contributed by atoms with Crippen LogP contribution in [0, 0.1) is 6.92 Å². The summed E-state index contributed by atoms with van der Waals surface area (Å²) in [6.07, 6.45) is 2.01. The van der Waals surface area contributed by atoms with E-state index in [1.54, 1.807) is 0 Å². The van der Waals surface area contributed by atoms with E-state index in [9.17, 15) is 0 Å². The molecule has 0 bridgehead atoms. The van der Waals surface area contributed by atoms with Gasteiger partial charge in [-0.15, -0.1) is 0 Å². The molecule has 0 fully saturated rings. The molecule has 0 aliphatic carbocycles. The van der Waals surface area contributed by atoms with Crippen molar-refractivity contribution in [3.63, 3.8) is 0 Å². The second kappa shape index (κ2) is 6.53. The molecule has 4 nitrogen and oxygen atoms in total. The minimum Gasteiger partial charge on any atom is -0.494 e. The lowest BCUT2D eigenvalue weighted by molar-refractivity contribution is 0.317. The van der Waals surface area contributed by atoms with Gasteiger partial charge in [0.25, 0.3) is 0 Å². The van der Waals surface area contributed by atoms with Crippen molar-refractivity contribution in [3.05, 3.63) is 46.4 Å². The molecule has 0 radical (unpaired) electrons. The number of benzene rings is 1. The summed E-state index contributed by atoms with van der Waals surface area (Å²) in [6, 6.07) is 8.21. The van der Waals surface area contributed by atoms with Crippen LogP contribution in [-0.4, -0.2) is 23.1 Å². The highest BCUT2D eigenvalue weighted by atomic mass is 35.5. The predicted octanol–water partition coefficient (Wildman–Crippen LogP) is 3.79. The molecular weight excluding hydrogens is 298 g/mol. The number of nitrogens with zero attached hydrogens (tertiary/aromatic N) is 3. The number of aromatic nitrogens is 2. The number of halogens is 1. The van der Waals surface area contributed by atoms with Crippen LogP contribution in [0.15, 0.2) is 24.3 Å². The van der Waals surface area contributed by atoms with Gasteiger partial charge in [-0.3, -0.25) is 0 Å². The molecule has 1 aromatic carbocycles. The number of anilines is 1. The van der Waals surface area contributed by atoms with Gasteiger partial charge in [-0.05, 0) is 43.0 Å². The fraction of sp³-hybridized carbons (Fsp3) is 0.412. The normalized spacial score (nSPS) is 13.9. The molecule has 0 spiro atoms. The maximum atomic E-state index is 6.04. The SMILES string of the molecule is CCCOc1ccc2c(c1)CCN(c1cc(Cl)nc(C)n1)C2. The lowest BCUT2D eigenvalue weighted by Crippen LogP contribution is -2.31. The van der Waals surface area contributed by atoms with Crippen molar-refractivity contribution in [3.8, 4) is 5.75 Å².